The van der Waals surface area contributed by atoms with E-state index in [0.717, 1.165) is 18.8 Å². The quantitative estimate of drug-likeness (QED) is 0.864. The zero-order valence-corrected chi connectivity index (χ0v) is 10.4. The Morgan fingerprint density at radius 3 is 2.61 bits per heavy atom. The van der Waals surface area contributed by atoms with Crippen molar-refractivity contribution in [1.29, 1.82) is 0 Å². The van der Waals surface area contributed by atoms with Crippen molar-refractivity contribution in [3.63, 3.8) is 0 Å². The second-order valence-electron chi connectivity index (χ2n) is 5.10. The van der Waals surface area contributed by atoms with E-state index >= 15 is 0 Å². The van der Waals surface area contributed by atoms with Gasteiger partial charge in [0.15, 0.2) is 0 Å². The van der Waals surface area contributed by atoms with Crippen molar-refractivity contribution in [1.82, 2.24) is 0 Å². The third-order valence-corrected chi connectivity index (χ3v) is 3.58. The van der Waals surface area contributed by atoms with Crippen LogP contribution in [0.4, 0.5) is 10.1 Å². The lowest BCUT2D eigenvalue weighted by atomic mass is 9.87. The van der Waals surface area contributed by atoms with Gasteiger partial charge in [-0.05, 0) is 49.8 Å². The Morgan fingerprint density at radius 2 is 2.00 bits per heavy atom. The highest BCUT2D eigenvalue weighted by Crippen LogP contribution is 2.26. The van der Waals surface area contributed by atoms with E-state index in [-0.39, 0.29) is 5.56 Å². The van der Waals surface area contributed by atoms with Crippen LogP contribution in [0, 0.1) is 11.7 Å². The fourth-order valence-electron chi connectivity index (χ4n) is 2.42. The summed E-state index contributed by atoms with van der Waals surface area (Å²) in [5, 5.41) is 12.2. The molecule has 0 unspecified atom stereocenters. The molecule has 0 aromatic heterocycles. The summed E-state index contributed by atoms with van der Waals surface area (Å²) in [7, 11) is 0. The number of benzene rings is 1. The van der Waals surface area contributed by atoms with Crippen molar-refractivity contribution in [3.8, 4) is 0 Å². The van der Waals surface area contributed by atoms with Gasteiger partial charge in [-0.1, -0.05) is 6.92 Å². The van der Waals surface area contributed by atoms with Gasteiger partial charge in [-0.25, -0.2) is 9.18 Å². The van der Waals surface area contributed by atoms with Crippen LogP contribution in [-0.2, 0) is 0 Å². The molecule has 0 heterocycles. The van der Waals surface area contributed by atoms with Crippen molar-refractivity contribution in [2.45, 2.75) is 38.6 Å². The van der Waals surface area contributed by atoms with Crippen LogP contribution in [0.1, 0.15) is 43.0 Å². The maximum atomic E-state index is 13.2. The maximum absolute atomic E-state index is 13.2. The molecule has 3 nitrogen and oxygen atoms in total. The van der Waals surface area contributed by atoms with Crippen LogP contribution in [0.5, 0.6) is 0 Å². The monoisotopic (exact) mass is 251 g/mol. The second-order valence-corrected chi connectivity index (χ2v) is 5.10. The summed E-state index contributed by atoms with van der Waals surface area (Å²) >= 11 is 0. The smallest absolute Gasteiger partial charge is 0.338 e. The van der Waals surface area contributed by atoms with Crippen molar-refractivity contribution in [2.24, 2.45) is 5.92 Å². The van der Waals surface area contributed by atoms with E-state index in [4.69, 9.17) is 5.11 Å². The normalized spacial score (nSPS) is 23.7. The van der Waals surface area contributed by atoms with E-state index in [1.165, 1.54) is 25.0 Å². The highest BCUT2D eigenvalue weighted by molar-refractivity contribution is 5.89. The molecule has 0 radical (unpaired) electrons. The Morgan fingerprint density at radius 1 is 1.33 bits per heavy atom. The van der Waals surface area contributed by atoms with Crippen molar-refractivity contribution in [2.75, 3.05) is 5.32 Å². The number of carboxylic acid groups (broad SMARTS) is 1. The number of hydrogen-bond acceptors (Lipinski definition) is 2. The molecule has 1 fully saturated rings. The average molecular weight is 251 g/mol. The molecule has 2 rings (SSSR count). The Kier molecular flexibility index (Phi) is 3.84. The second kappa shape index (κ2) is 5.38. The highest BCUT2D eigenvalue weighted by atomic mass is 19.1. The molecule has 0 atom stereocenters. The van der Waals surface area contributed by atoms with Gasteiger partial charge in [-0.15, -0.1) is 0 Å². The van der Waals surface area contributed by atoms with Crippen LogP contribution in [0.3, 0.4) is 0 Å². The van der Waals surface area contributed by atoms with E-state index in [1.807, 2.05) is 0 Å². The van der Waals surface area contributed by atoms with Crippen molar-refractivity contribution >= 4 is 11.7 Å². The van der Waals surface area contributed by atoms with Crippen LogP contribution in [0.25, 0.3) is 0 Å². The summed E-state index contributed by atoms with van der Waals surface area (Å²) in [6, 6.07) is 4.54. The standard InChI is InChI=1S/C14H18FNO2/c1-9-2-4-10(5-3-9)16-11-6-7-13(15)12(8-11)14(17)18/h6-10,16H,2-5H2,1H3,(H,17,18). The van der Waals surface area contributed by atoms with Crippen LogP contribution in [0.15, 0.2) is 18.2 Å². The first-order valence-electron chi connectivity index (χ1n) is 6.35. The predicted molar refractivity (Wildman–Crippen MR) is 68.4 cm³/mol. The Balaban J connectivity index is 2.05. The molecule has 1 aromatic rings. The Labute approximate surface area is 106 Å². The molecule has 1 aliphatic carbocycles. The summed E-state index contributed by atoms with van der Waals surface area (Å²) in [4.78, 5) is 10.8. The molecule has 2 N–H and O–H groups in total. The number of nitrogens with one attached hydrogen (secondary N) is 1. The van der Waals surface area contributed by atoms with Gasteiger partial charge < -0.3 is 10.4 Å². The van der Waals surface area contributed by atoms with Crippen LogP contribution in [-0.4, -0.2) is 17.1 Å². The average Bonchev–Trinajstić information content (AvgIpc) is 2.34. The minimum atomic E-state index is -1.23. The highest BCUT2D eigenvalue weighted by Gasteiger charge is 2.18. The minimum absolute atomic E-state index is 0.274. The number of aromatic carboxylic acids is 1. The van der Waals surface area contributed by atoms with E-state index in [1.54, 1.807) is 6.07 Å². The first kappa shape index (κ1) is 12.9. The van der Waals surface area contributed by atoms with Gasteiger partial charge in [0, 0.05) is 11.7 Å². The fourth-order valence-corrected chi connectivity index (χ4v) is 2.42. The van der Waals surface area contributed by atoms with Crippen LogP contribution < -0.4 is 5.32 Å². The van der Waals surface area contributed by atoms with Gasteiger partial charge in [0.05, 0.1) is 5.56 Å². The molecular weight excluding hydrogens is 233 g/mol. The number of anilines is 1. The number of carbonyl (C=O) groups is 1. The molecular formula is C14H18FNO2. The van der Waals surface area contributed by atoms with Crippen molar-refractivity contribution < 1.29 is 14.3 Å². The molecule has 0 amide bonds. The summed E-state index contributed by atoms with van der Waals surface area (Å²) in [6.07, 6.45) is 4.54. The summed E-state index contributed by atoms with van der Waals surface area (Å²) in [5.74, 6) is -1.15. The third kappa shape index (κ3) is 3.00. The van der Waals surface area contributed by atoms with Gasteiger partial charge in [0.25, 0.3) is 0 Å². The predicted octanol–water partition coefficient (Wildman–Crippen LogP) is 3.51. The fraction of sp³-hybridized carbons (Fsp3) is 0.500. The van der Waals surface area contributed by atoms with Gasteiger partial charge in [-0.3, -0.25) is 0 Å². The summed E-state index contributed by atoms with van der Waals surface area (Å²) < 4.78 is 13.2. The largest absolute Gasteiger partial charge is 0.478 e. The van der Waals surface area contributed by atoms with Gasteiger partial charge >= 0.3 is 5.97 Å². The van der Waals surface area contributed by atoms with Crippen molar-refractivity contribution in [3.05, 3.63) is 29.6 Å². The zero-order valence-electron chi connectivity index (χ0n) is 10.4. The molecule has 18 heavy (non-hydrogen) atoms. The lowest BCUT2D eigenvalue weighted by molar-refractivity contribution is 0.0692. The molecule has 4 heteroatoms. The van der Waals surface area contributed by atoms with Crippen LogP contribution in [0.2, 0.25) is 0 Å². The third-order valence-electron chi connectivity index (χ3n) is 3.58. The number of carboxylic acids is 1. The molecule has 1 aliphatic rings. The van der Waals surface area contributed by atoms with E-state index in [0.29, 0.717) is 11.7 Å². The first-order valence-corrected chi connectivity index (χ1v) is 6.35. The van der Waals surface area contributed by atoms with E-state index in [9.17, 15) is 9.18 Å². The van der Waals surface area contributed by atoms with E-state index < -0.39 is 11.8 Å². The zero-order chi connectivity index (χ0) is 13.1. The lowest BCUT2D eigenvalue weighted by Gasteiger charge is -2.27. The number of hydrogen-bond donors (Lipinski definition) is 2. The Hall–Kier alpha value is -1.58. The number of rotatable bonds is 3. The van der Waals surface area contributed by atoms with Gasteiger partial charge in [0.1, 0.15) is 5.82 Å². The minimum Gasteiger partial charge on any atom is -0.478 e. The van der Waals surface area contributed by atoms with Gasteiger partial charge in [0.2, 0.25) is 0 Å². The molecule has 0 bridgehead atoms. The SMILES string of the molecule is CC1CCC(Nc2ccc(F)c(C(=O)O)c2)CC1. The number of halogens is 1. The Bertz CT molecular complexity index is 439. The van der Waals surface area contributed by atoms with E-state index in [2.05, 4.69) is 12.2 Å². The molecule has 1 saturated carbocycles. The van der Waals surface area contributed by atoms with Crippen LogP contribution >= 0.6 is 0 Å². The molecule has 1 aromatic carbocycles. The summed E-state index contributed by atoms with van der Waals surface area (Å²) in [6.45, 7) is 2.25. The molecule has 0 saturated heterocycles. The molecule has 98 valence electrons. The molecule has 0 spiro atoms. The topological polar surface area (TPSA) is 49.3 Å². The maximum Gasteiger partial charge on any atom is 0.338 e. The summed E-state index contributed by atoms with van der Waals surface area (Å²) in [5.41, 5.74) is 0.414. The lowest BCUT2D eigenvalue weighted by Crippen LogP contribution is -2.25. The first-order chi connectivity index (χ1) is 8.56. The van der Waals surface area contributed by atoms with Gasteiger partial charge in [-0.2, -0.15) is 0 Å². The molecule has 0 aliphatic heterocycles.